The minimum Gasteiger partial charge on any atom is -0.334 e. The molecule has 2 amide bonds. The Balaban J connectivity index is 1.51. The molecule has 1 saturated heterocycles. The van der Waals surface area contributed by atoms with Crippen molar-refractivity contribution in [1.82, 2.24) is 4.90 Å². The summed E-state index contributed by atoms with van der Waals surface area (Å²) in [4.78, 5) is 26.3. The van der Waals surface area contributed by atoms with Crippen LogP contribution in [0.4, 0.5) is 5.69 Å². The number of hydrogen-bond acceptors (Lipinski definition) is 2. The minimum absolute atomic E-state index is 0.472. The molecule has 1 fully saturated rings. The molecule has 4 nitrogen and oxygen atoms in total. The molecule has 0 bridgehead atoms. The number of nitrogens with one attached hydrogen (secondary N) is 1. The van der Waals surface area contributed by atoms with Gasteiger partial charge in [-0.05, 0) is 55.4 Å². The van der Waals surface area contributed by atoms with E-state index in [1.807, 2.05) is 19.1 Å². The number of carbonyl (C=O) groups is 2. The Hall–Kier alpha value is -2.33. The Morgan fingerprint density at radius 1 is 1.12 bits per heavy atom. The molecule has 0 aromatic heterocycles. The van der Waals surface area contributed by atoms with Gasteiger partial charge >= 0.3 is 11.8 Å². The lowest BCUT2D eigenvalue weighted by molar-refractivity contribution is -0.144. The van der Waals surface area contributed by atoms with E-state index >= 15 is 0 Å². The van der Waals surface area contributed by atoms with Crippen molar-refractivity contribution in [1.29, 1.82) is 0 Å². The van der Waals surface area contributed by atoms with Crippen molar-refractivity contribution >= 4 is 29.1 Å². The third-order valence-corrected chi connectivity index (χ3v) is 5.30. The summed E-state index contributed by atoms with van der Waals surface area (Å²) >= 11 is 6.06. The summed E-state index contributed by atoms with van der Waals surface area (Å²) in [7, 11) is 0. The average molecular weight is 371 g/mol. The van der Waals surface area contributed by atoms with Crippen LogP contribution in [0.25, 0.3) is 0 Å². The molecule has 1 aliphatic rings. The van der Waals surface area contributed by atoms with E-state index in [4.69, 9.17) is 11.6 Å². The Morgan fingerprint density at radius 2 is 1.81 bits per heavy atom. The van der Waals surface area contributed by atoms with Crippen LogP contribution in [0.1, 0.15) is 24.0 Å². The molecule has 5 heteroatoms. The van der Waals surface area contributed by atoms with E-state index in [-0.39, 0.29) is 0 Å². The van der Waals surface area contributed by atoms with Gasteiger partial charge in [-0.1, -0.05) is 48.0 Å². The van der Waals surface area contributed by atoms with E-state index in [1.165, 1.54) is 5.56 Å². The third-order valence-electron chi connectivity index (χ3n) is 4.89. The molecule has 2 aromatic rings. The number of halogens is 1. The van der Waals surface area contributed by atoms with Crippen molar-refractivity contribution in [3.05, 3.63) is 64.7 Å². The molecule has 0 radical (unpaired) electrons. The van der Waals surface area contributed by atoms with Crippen molar-refractivity contribution in [2.45, 2.75) is 26.2 Å². The first kappa shape index (κ1) is 18.5. The first-order valence-electron chi connectivity index (χ1n) is 8.93. The van der Waals surface area contributed by atoms with Crippen LogP contribution in [-0.4, -0.2) is 29.8 Å². The van der Waals surface area contributed by atoms with Crippen LogP contribution in [0.15, 0.2) is 48.5 Å². The van der Waals surface area contributed by atoms with Crippen molar-refractivity contribution in [3.63, 3.8) is 0 Å². The lowest BCUT2D eigenvalue weighted by Crippen LogP contribution is -2.44. The highest BCUT2D eigenvalue weighted by molar-refractivity contribution is 6.39. The molecule has 26 heavy (non-hydrogen) atoms. The summed E-state index contributed by atoms with van der Waals surface area (Å²) in [6.45, 7) is 3.13. The largest absolute Gasteiger partial charge is 0.334 e. The van der Waals surface area contributed by atoms with E-state index < -0.39 is 11.8 Å². The van der Waals surface area contributed by atoms with E-state index in [0.717, 1.165) is 24.8 Å². The van der Waals surface area contributed by atoms with Crippen LogP contribution in [0.3, 0.4) is 0 Å². The maximum atomic E-state index is 12.4. The second-order valence-corrected chi connectivity index (χ2v) is 7.25. The molecule has 0 aliphatic carbocycles. The lowest BCUT2D eigenvalue weighted by atomic mass is 9.90. The van der Waals surface area contributed by atoms with Gasteiger partial charge in [-0.15, -0.1) is 0 Å². The lowest BCUT2D eigenvalue weighted by Gasteiger charge is -2.31. The predicted octanol–water partition coefficient (Wildman–Crippen LogP) is 4.07. The number of hydrogen-bond donors (Lipinski definition) is 1. The van der Waals surface area contributed by atoms with Crippen LogP contribution in [-0.2, 0) is 16.0 Å². The molecule has 3 rings (SSSR count). The molecule has 0 spiro atoms. The standard InChI is InChI=1S/C21H23ClN2O2/c1-15-7-8-18(14-19(15)22)23-20(25)21(26)24-11-9-17(10-12-24)13-16-5-3-2-4-6-16/h2-8,14,17H,9-13H2,1H3,(H,23,25). The normalized spacial score (nSPS) is 14.9. The molecule has 1 aliphatic heterocycles. The van der Waals surface area contributed by atoms with Crippen LogP contribution in [0, 0.1) is 12.8 Å². The summed E-state index contributed by atoms with van der Waals surface area (Å²) in [6, 6.07) is 15.6. The number of amides is 2. The molecule has 2 aromatic carbocycles. The zero-order valence-corrected chi connectivity index (χ0v) is 15.6. The summed E-state index contributed by atoms with van der Waals surface area (Å²) in [6.07, 6.45) is 2.87. The molecule has 136 valence electrons. The topological polar surface area (TPSA) is 49.4 Å². The van der Waals surface area contributed by atoms with Gasteiger partial charge in [-0.25, -0.2) is 0 Å². The second-order valence-electron chi connectivity index (χ2n) is 6.84. The SMILES string of the molecule is Cc1ccc(NC(=O)C(=O)N2CCC(Cc3ccccc3)CC2)cc1Cl. The fourth-order valence-corrected chi connectivity index (χ4v) is 3.47. The molecular formula is C21H23ClN2O2. The number of aryl methyl sites for hydroxylation is 1. The summed E-state index contributed by atoms with van der Waals surface area (Å²) < 4.78 is 0. The van der Waals surface area contributed by atoms with E-state index in [2.05, 4.69) is 29.6 Å². The molecule has 1 heterocycles. The van der Waals surface area contributed by atoms with Crippen LogP contribution in [0.2, 0.25) is 5.02 Å². The Kier molecular flexibility index (Phi) is 5.94. The summed E-state index contributed by atoms with van der Waals surface area (Å²) in [5.74, 6) is -0.522. The minimum atomic E-state index is -0.605. The third kappa shape index (κ3) is 4.64. The van der Waals surface area contributed by atoms with Gasteiger partial charge in [0.15, 0.2) is 0 Å². The first-order chi connectivity index (χ1) is 12.5. The van der Waals surface area contributed by atoms with Crippen molar-refractivity contribution in [2.75, 3.05) is 18.4 Å². The highest BCUT2D eigenvalue weighted by atomic mass is 35.5. The summed E-state index contributed by atoms with van der Waals surface area (Å²) in [5, 5.41) is 3.21. The second kappa shape index (κ2) is 8.37. The first-order valence-corrected chi connectivity index (χ1v) is 9.31. The van der Waals surface area contributed by atoms with E-state index in [9.17, 15) is 9.59 Å². The number of nitrogens with zero attached hydrogens (tertiary/aromatic N) is 1. The van der Waals surface area contributed by atoms with Gasteiger partial charge in [0, 0.05) is 23.8 Å². The van der Waals surface area contributed by atoms with Crippen LogP contribution in [0.5, 0.6) is 0 Å². The van der Waals surface area contributed by atoms with Crippen molar-refractivity contribution < 1.29 is 9.59 Å². The molecule has 0 unspecified atom stereocenters. The zero-order chi connectivity index (χ0) is 18.5. The Morgan fingerprint density at radius 3 is 2.46 bits per heavy atom. The van der Waals surface area contributed by atoms with Crippen LogP contribution < -0.4 is 5.32 Å². The Bertz CT molecular complexity index is 784. The number of likely N-dealkylation sites (tertiary alicyclic amines) is 1. The molecule has 0 atom stereocenters. The predicted molar refractivity (Wildman–Crippen MR) is 104 cm³/mol. The number of carbonyl (C=O) groups excluding carboxylic acids is 2. The van der Waals surface area contributed by atoms with Gasteiger partial charge in [0.1, 0.15) is 0 Å². The molecule has 1 N–H and O–H groups in total. The van der Waals surface area contributed by atoms with Gasteiger partial charge in [0.25, 0.3) is 0 Å². The number of benzene rings is 2. The number of rotatable bonds is 3. The molecular weight excluding hydrogens is 348 g/mol. The maximum absolute atomic E-state index is 12.4. The van der Waals surface area contributed by atoms with Gasteiger partial charge < -0.3 is 10.2 Å². The van der Waals surface area contributed by atoms with E-state index in [0.29, 0.717) is 29.7 Å². The van der Waals surface area contributed by atoms with Crippen molar-refractivity contribution in [3.8, 4) is 0 Å². The fraction of sp³-hybridized carbons (Fsp3) is 0.333. The highest BCUT2D eigenvalue weighted by Crippen LogP contribution is 2.23. The quantitative estimate of drug-likeness (QED) is 0.828. The van der Waals surface area contributed by atoms with Gasteiger partial charge in [0.2, 0.25) is 0 Å². The van der Waals surface area contributed by atoms with Crippen molar-refractivity contribution in [2.24, 2.45) is 5.92 Å². The monoisotopic (exact) mass is 370 g/mol. The van der Waals surface area contributed by atoms with Gasteiger partial charge in [-0.3, -0.25) is 9.59 Å². The van der Waals surface area contributed by atoms with Crippen LogP contribution >= 0.6 is 11.6 Å². The highest BCUT2D eigenvalue weighted by Gasteiger charge is 2.27. The summed E-state index contributed by atoms with van der Waals surface area (Å²) in [5.41, 5.74) is 2.79. The Labute approximate surface area is 159 Å². The van der Waals surface area contributed by atoms with Gasteiger partial charge in [-0.2, -0.15) is 0 Å². The van der Waals surface area contributed by atoms with E-state index in [1.54, 1.807) is 17.0 Å². The maximum Gasteiger partial charge on any atom is 0.313 e. The van der Waals surface area contributed by atoms with Gasteiger partial charge in [0.05, 0.1) is 0 Å². The average Bonchev–Trinajstić information content (AvgIpc) is 2.65. The smallest absolute Gasteiger partial charge is 0.313 e. The fourth-order valence-electron chi connectivity index (χ4n) is 3.29. The zero-order valence-electron chi connectivity index (χ0n) is 14.9. The number of piperidine rings is 1. The number of anilines is 1. The molecule has 0 saturated carbocycles.